The first-order chi connectivity index (χ1) is 21.3. The summed E-state index contributed by atoms with van der Waals surface area (Å²) in [4.78, 5) is 35.9. The third kappa shape index (κ3) is 22.5. The topological polar surface area (TPSA) is 181 Å². The summed E-state index contributed by atoms with van der Waals surface area (Å²) in [6, 6.07) is 0. The summed E-state index contributed by atoms with van der Waals surface area (Å²) in [5.41, 5.74) is 6.63. The number of unbranched alkanes of at least 4 members (excludes halogenated alkanes) is 13. The average Bonchev–Trinajstić information content (AvgIpc) is 3.51. The first-order valence-electron chi connectivity index (χ1n) is 17.0. The van der Waals surface area contributed by atoms with Gasteiger partial charge in [0.2, 0.25) is 5.91 Å². The number of carbonyl (C=O) groups excluding carboxylic acids is 3. The lowest BCUT2D eigenvalue weighted by atomic mass is 9.94. The fraction of sp³-hybridized carbons (Fsp3) is 0.875. The van der Waals surface area contributed by atoms with Crippen LogP contribution in [0.3, 0.4) is 0 Å². The molecule has 0 saturated heterocycles. The number of aliphatic hydroxyl groups excluding tert-OH is 1. The molecule has 4 N–H and O–H groups in total. The highest BCUT2D eigenvalue weighted by molar-refractivity contribution is 7.92. The fourth-order valence-corrected chi connectivity index (χ4v) is 6.80. The average molecular weight is 642 g/mol. The number of Topliss-reactive ketones (excluding diaryl/α,β-unsaturated/α-hetero) is 2. The minimum absolute atomic E-state index is 0.0950. The van der Waals surface area contributed by atoms with E-state index in [0.29, 0.717) is 45.3 Å². The van der Waals surface area contributed by atoms with Gasteiger partial charge < -0.3 is 16.2 Å². The van der Waals surface area contributed by atoms with Gasteiger partial charge in [-0.15, -0.1) is 5.10 Å². The molecule has 0 bridgehead atoms. The van der Waals surface area contributed by atoms with Gasteiger partial charge in [0.1, 0.15) is 24.7 Å². The second kappa shape index (κ2) is 26.2. The van der Waals surface area contributed by atoms with E-state index in [1.165, 1.54) is 57.8 Å². The lowest BCUT2D eigenvalue weighted by Gasteiger charge is -2.13. The molecule has 11 nitrogen and oxygen atoms in total. The third-order valence-electron chi connectivity index (χ3n) is 8.09. The van der Waals surface area contributed by atoms with Crippen molar-refractivity contribution in [2.75, 3.05) is 37.7 Å². The van der Waals surface area contributed by atoms with E-state index in [0.717, 1.165) is 44.2 Å². The summed E-state index contributed by atoms with van der Waals surface area (Å²) < 4.78 is 24.6. The van der Waals surface area contributed by atoms with Gasteiger partial charge in [0.15, 0.2) is 15.6 Å². The lowest BCUT2D eigenvalue weighted by Crippen LogP contribution is -2.26. The van der Waals surface area contributed by atoms with Crippen LogP contribution in [0.1, 0.15) is 135 Å². The maximum atomic E-state index is 12.3. The van der Waals surface area contributed by atoms with Crippen LogP contribution in [0.4, 0.5) is 0 Å². The Bertz CT molecular complexity index is 970. The van der Waals surface area contributed by atoms with Crippen LogP contribution in [-0.4, -0.2) is 74.5 Å². The summed E-state index contributed by atoms with van der Waals surface area (Å²) in [6.45, 7) is 1.04. The van der Waals surface area contributed by atoms with Crippen molar-refractivity contribution in [3.63, 3.8) is 0 Å². The number of amides is 1. The second-order valence-electron chi connectivity index (χ2n) is 12.1. The van der Waals surface area contributed by atoms with Crippen molar-refractivity contribution in [3.05, 3.63) is 0 Å². The molecule has 0 aromatic carbocycles. The highest BCUT2D eigenvalue weighted by Gasteiger charge is 2.18. The summed E-state index contributed by atoms with van der Waals surface area (Å²) >= 11 is 0. The van der Waals surface area contributed by atoms with Crippen LogP contribution < -0.4 is 11.1 Å². The number of rotatable bonds is 31. The van der Waals surface area contributed by atoms with E-state index in [-0.39, 0.29) is 42.0 Å². The predicted octanol–water partition coefficient (Wildman–Crippen LogP) is 5.24. The molecule has 0 fully saturated rings. The number of nitrogens with zero attached hydrogens (tertiary/aromatic N) is 3. The standard InChI is InChI=1S/C32H59N5O6S/c33-22-21-28(31(40)26-38)17-14-15-23-34-32(41)20-16-24-44(42,43)27-30(39)19-13-11-9-7-5-3-1-2-4-6-8-10-12-18-29-25-35-37-36-29/h28,38H,1-27,33H2,(H,34,41)/t28-/m1/s1. The van der Waals surface area contributed by atoms with Crippen LogP contribution in [0.5, 0.6) is 0 Å². The Morgan fingerprint density at radius 1 is 0.795 bits per heavy atom. The highest BCUT2D eigenvalue weighted by atomic mass is 32.2. The van der Waals surface area contributed by atoms with E-state index >= 15 is 0 Å². The summed E-state index contributed by atoms with van der Waals surface area (Å²) in [7, 11) is -3.51. The normalized spacial score (nSPS) is 13.6. The van der Waals surface area contributed by atoms with Gasteiger partial charge in [-0.3, -0.25) is 14.4 Å². The molecule has 1 heterocycles. The van der Waals surface area contributed by atoms with Crippen molar-refractivity contribution >= 4 is 33.0 Å². The van der Waals surface area contributed by atoms with Gasteiger partial charge in [-0.1, -0.05) is 77.0 Å². The molecule has 0 unspecified atom stereocenters. The van der Waals surface area contributed by atoms with Crippen LogP contribution in [0.15, 0.2) is 15.4 Å². The quantitative estimate of drug-likeness (QED) is 0.0866. The van der Waals surface area contributed by atoms with Gasteiger partial charge in [0.25, 0.3) is 0 Å². The van der Waals surface area contributed by atoms with Crippen LogP contribution >= 0.6 is 0 Å². The molecular weight excluding hydrogens is 582 g/mol. The minimum Gasteiger partial charge on any atom is -0.389 e. The molecule has 1 aliphatic heterocycles. The second-order valence-corrected chi connectivity index (χ2v) is 14.3. The number of hydrogen-bond donors (Lipinski definition) is 3. The zero-order valence-electron chi connectivity index (χ0n) is 27.0. The molecule has 1 amide bonds. The molecule has 1 atom stereocenters. The van der Waals surface area contributed by atoms with Gasteiger partial charge in [-0.25, -0.2) is 8.42 Å². The molecule has 0 aromatic rings. The molecule has 254 valence electrons. The zero-order valence-corrected chi connectivity index (χ0v) is 27.8. The molecule has 1 aliphatic rings. The van der Waals surface area contributed by atoms with Gasteiger partial charge >= 0.3 is 0 Å². The van der Waals surface area contributed by atoms with Crippen molar-refractivity contribution in [2.45, 2.75) is 135 Å². The highest BCUT2D eigenvalue weighted by Crippen LogP contribution is 2.15. The van der Waals surface area contributed by atoms with Crippen molar-refractivity contribution in [2.24, 2.45) is 27.1 Å². The van der Waals surface area contributed by atoms with Crippen LogP contribution in [-0.2, 0) is 24.2 Å². The molecule has 0 radical (unpaired) electrons. The summed E-state index contributed by atoms with van der Waals surface area (Å²) in [5.74, 6) is -1.51. The van der Waals surface area contributed by atoms with Crippen LogP contribution in [0.25, 0.3) is 0 Å². The van der Waals surface area contributed by atoms with Gasteiger partial charge in [-0.05, 0) is 56.7 Å². The number of hydrogen-bond acceptors (Lipinski definition) is 10. The first kappa shape index (κ1) is 40.0. The van der Waals surface area contributed by atoms with Crippen molar-refractivity contribution in [3.8, 4) is 0 Å². The van der Waals surface area contributed by atoms with Crippen LogP contribution in [0.2, 0.25) is 0 Å². The molecule has 0 aliphatic carbocycles. The number of nitrogens with two attached hydrogens (primary N) is 1. The molecule has 0 aromatic heterocycles. The van der Waals surface area contributed by atoms with E-state index in [1.807, 2.05) is 0 Å². The van der Waals surface area contributed by atoms with Gasteiger partial charge in [0, 0.05) is 25.3 Å². The van der Waals surface area contributed by atoms with E-state index in [9.17, 15) is 22.8 Å². The van der Waals surface area contributed by atoms with E-state index in [4.69, 9.17) is 10.8 Å². The third-order valence-corrected chi connectivity index (χ3v) is 9.76. The number of nitrogens with one attached hydrogen (secondary N) is 1. The summed E-state index contributed by atoms with van der Waals surface area (Å²) in [5, 5.41) is 23.3. The Kier molecular flexibility index (Phi) is 23.8. The largest absolute Gasteiger partial charge is 0.389 e. The Balaban J connectivity index is 1.92. The van der Waals surface area contributed by atoms with Gasteiger partial charge in [-0.2, -0.15) is 5.11 Å². The Morgan fingerprint density at radius 3 is 1.98 bits per heavy atom. The Labute approximate surface area is 265 Å². The Morgan fingerprint density at radius 2 is 1.41 bits per heavy atom. The van der Waals surface area contributed by atoms with E-state index in [2.05, 4.69) is 20.8 Å². The minimum atomic E-state index is -3.51. The predicted molar refractivity (Wildman–Crippen MR) is 175 cm³/mol. The molecule has 44 heavy (non-hydrogen) atoms. The maximum absolute atomic E-state index is 12.3. The number of sulfone groups is 1. The zero-order chi connectivity index (χ0) is 32.3. The number of aliphatic hydroxyl groups is 1. The van der Waals surface area contributed by atoms with E-state index in [1.54, 1.807) is 0 Å². The molecule has 1 rings (SSSR count). The molecule has 0 spiro atoms. The molecular formula is C32H59N5O6S. The number of ketones is 2. The lowest BCUT2D eigenvalue weighted by molar-refractivity contribution is -0.126. The molecule has 12 heteroatoms. The number of carbonyl (C=O) groups is 3. The smallest absolute Gasteiger partial charge is 0.220 e. The van der Waals surface area contributed by atoms with E-state index < -0.39 is 22.2 Å². The molecule has 0 saturated carbocycles. The van der Waals surface area contributed by atoms with Crippen LogP contribution in [0, 0.1) is 5.92 Å². The maximum Gasteiger partial charge on any atom is 0.220 e. The monoisotopic (exact) mass is 641 g/mol. The fourth-order valence-electron chi connectivity index (χ4n) is 5.44. The SMILES string of the molecule is NCC[C@@H](CCCCNC(=O)CCCS(=O)(=O)CC(=O)CCCCCCCCCCCCCCCC1=NN=NC1)C(=O)CO. The van der Waals surface area contributed by atoms with Crippen molar-refractivity contribution in [1.82, 2.24) is 5.32 Å². The summed E-state index contributed by atoms with van der Waals surface area (Å²) in [6.07, 6.45) is 19.5. The van der Waals surface area contributed by atoms with Crippen molar-refractivity contribution < 1.29 is 27.9 Å². The van der Waals surface area contributed by atoms with Crippen molar-refractivity contribution in [1.29, 1.82) is 0 Å². The van der Waals surface area contributed by atoms with Gasteiger partial charge in [0.05, 0.1) is 11.5 Å². The first-order valence-corrected chi connectivity index (χ1v) is 18.8. The Hall–Kier alpha value is -2.05.